The van der Waals surface area contributed by atoms with Crippen LogP contribution < -0.4 is 11.1 Å². The topological polar surface area (TPSA) is 55.1 Å². The summed E-state index contributed by atoms with van der Waals surface area (Å²) in [4.78, 5) is 11.9. The molecule has 0 aliphatic heterocycles. The van der Waals surface area contributed by atoms with Crippen LogP contribution in [0.25, 0.3) is 0 Å². The van der Waals surface area contributed by atoms with Crippen molar-refractivity contribution in [1.29, 1.82) is 0 Å². The first-order valence-electron chi connectivity index (χ1n) is 5.95. The van der Waals surface area contributed by atoms with Gasteiger partial charge in [0.2, 0.25) is 0 Å². The predicted molar refractivity (Wildman–Crippen MR) is 73.2 cm³/mol. The van der Waals surface area contributed by atoms with Gasteiger partial charge in [0.25, 0.3) is 5.91 Å². The zero-order valence-electron chi connectivity index (χ0n) is 10.6. The van der Waals surface area contributed by atoms with Gasteiger partial charge in [0, 0.05) is 12.2 Å². The molecular formula is C15H15FN2O. The van der Waals surface area contributed by atoms with Gasteiger partial charge < -0.3 is 11.1 Å². The second kappa shape index (κ2) is 5.52. The fraction of sp³-hybridized carbons (Fsp3) is 0.133. The Bertz CT molecular complexity index is 611. The van der Waals surface area contributed by atoms with Crippen molar-refractivity contribution in [2.24, 2.45) is 0 Å². The molecule has 1 amide bonds. The third-order valence-electron chi connectivity index (χ3n) is 2.89. The third kappa shape index (κ3) is 3.10. The average molecular weight is 258 g/mol. The van der Waals surface area contributed by atoms with E-state index in [2.05, 4.69) is 5.32 Å². The van der Waals surface area contributed by atoms with Gasteiger partial charge >= 0.3 is 0 Å². The molecule has 0 radical (unpaired) electrons. The van der Waals surface area contributed by atoms with Gasteiger partial charge in [0.1, 0.15) is 5.82 Å². The van der Waals surface area contributed by atoms with Crippen LogP contribution in [0, 0.1) is 12.7 Å². The summed E-state index contributed by atoms with van der Waals surface area (Å²) in [5.74, 6) is -0.537. The van der Waals surface area contributed by atoms with E-state index in [-0.39, 0.29) is 18.3 Å². The van der Waals surface area contributed by atoms with E-state index in [1.165, 1.54) is 6.07 Å². The number of hydrogen-bond acceptors (Lipinski definition) is 2. The van der Waals surface area contributed by atoms with Crippen molar-refractivity contribution in [3.63, 3.8) is 0 Å². The molecule has 2 aromatic rings. The minimum Gasteiger partial charge on any atom is -0.398 e. The first-order chi connectivity index (χ1) is 9.08. The Morgan fingerprint density at radius 2 is 2.00 bits per heavy atom. The molecule has 0 unspecified atom stereocenters. The van der Waals surface area contributed by atoms with Crippen LogP contribution in [0.5, 0.6) is 0 Å². The van der Waals surface area contributed by atoms with Gasteiger partial charge in [-0.1, -0.05) is 24.3 Å². The standard InChI is InChI=1S/C15H15FN2O/c1-10-6-7-11(8-13(10)16)9-18-15(19)12-4-2-3-5-14(12)17/h2-8H,9,17H2,1H3,(H,18,19). The SMILES string of the molecule is Cc1ccc(CNC(=O)c2ccccc2N)cc1F. The lowest BCUT2D eigenvalue weighted by atomic mass is 10.1. The van der Waals surface area contributed by atoms with E-state index in [1.807, 2.05) is 0 Å². The number of nitrogens with one attached hydrogen (secondary N) is 1. The number of benzene rings is 2. The minimum atomic E-state index is -0.272. The van der Waals surface area contributed by atoms with E-state index in [1.54, 1.807) is 43.3 Å². The van der Waals surface area contributed by atoms with E-state index in [4.69, 9.17) is 5.73 Å². The highest BCUT2D eigenvalue weighted by Gasteiger charge is 2.08. The molecule has 19 heavy (non-hydrogen) atoms. The quantitative estimate of drug-likeness (QED) is 0.831. The molecule has 0 aliphatic rings. The van der Waals surface area contributed by atoms with Crippen LogP contribution in [0.3, 0.4) is 0 Å². The summed E-state index contributed by atoms with van der Waals surface area (Å²) in [6.45, 7) is 1.97. The summed E-state index contributed by atoms with van der Waals surface area (Å²) in [6.07, 6.45) is 0. The molecule has 0 atom stereocenters. The summed E-state index contributed by atoms with van der Waals surface area (Å²) in [5.41, 5.74) is 7.86. The fourth-order valence-corrected chi connectivity index (χ4v) is 1.73. The summed E-state index contributed by atoms with van der Waals surface area (Å²) in [6, 6.07) is 11.7. The van der Waals surface area contributed by atoms with Crippen LogP contribution in [0.15, 0.2) is 42.5 Å². The van der Waals surface area contributed by atoms with Gasteiger partial charge in [-0.15, -0.1) is 0 Å². The zero-order chi connectivity index (χ0) is 13.8. The van der Waals surface area contributed by atoms with Crippen molar-refractivity contribution in [2.75, 3.05) is 5.73 Å². The number of para-hydroxylation sites is 1. The van der Waals surface area contributed by atoms with Gasteiger partial charge in [0.05, 0.1) is 5.56 Å². The molecule has 0 saturated heterocycles. The predicted octanol–water partition coefficient (Wildman–Crippen LogP) is 2.65. The molecule has 98 valence electrons. The van der Waals surface area contributed by atoms with Gasteiger partial charge in [-0.25, -0.2) is 4.39 Å². The molecule has 2 rings (SSSR count). The smallest absolute Gasteiger partial charge is 0.253 e. The molecule has 2 aromatic carbocycles. The van der Waals surface area contributed by atoms with E-state index in [0.717, 1.165) is 0 Å². The number of nitrogen functional groups attached to an aromatic ring is 1. The van der Waals surface area contributed by atoms with Crippen molar-refractivity contribution in [3.8, 4) is 0 Å². The minimum absolute atomic E-state index is 0.265. The van der Waals surface area contributed by atoms with Crippen molar-refractivity contribution in [1.82, 2.24) is 5.32 Å². The van der Waals surface area contributed by atoms with Crippen molar-refractivity contribution >= 4 is 11.6 Å². The molecule has 3 N–H and O–H groups in total. The Kier molecular flexibility index (Phi) is 3.80. The fourth-order valence-electron chi connectivity index (χ4n) is 1.73. The summed E-state index contributed by atoms with van der Waals surface area (Å²) in [5, 5.41) is 2.72. The van der Waals surface area contributed by atoms with E-state index in [9.17, 15) is 9.18 Å². The Morgan fingerprint density at radius 3 is 2.68 bits per heavy atom. The highest BCUT2D eigenvalue weighted by atomic mass is 19.1. The Hall–Kier alpha value is -2.36. The molecular weight excluding hydrogens is 243 g/mol. The number of nitrogens with two attached hydrogens (primary N) is 1. The first kappa shape index (κ1) is 13.1. The number of amides is 1. The molecule has 0 aliphatic carbocycles. The number of aryl methyl sites for hydroxylation is 1. The van der Waals surface area contributed by atoms with E-state index in [0.29, 0.717) is 22.4 Å². The lowest BCUT2D eigenvalue weighted by molar-refractivity contribution is 0.0951. The normalized spacial score (nSPS) is 10.2. The highest BCUT2D eigenvalue weighted by Crippen LogP contribution is 2.12. The summed E-state index contributed by atoms with van der Waals surface area (Å²) in [7, 11) is 0. The monoisotopic (exact) mass is 258 g/mol. The number of rotatable bonds is 3. The lowest BCUT2D eigenvalue weighted by Crippen LogP contribution is -2.23. The van der Waals surface area contributed by atoms with Crippen LogP contribution in [0.4, 0.5) is 10.1 Å². The molecule has 3 nitrogen and oxygen atoms in total. The summed E-state index contributed by atoms with van der Waals surface area (Å²) >= 11 is 0. The third-order valence-corrected chi connectivity index (χ3v) is 2.89. The maximum atomic E-state index is 13.4. The largest absolute Gasteiger partial charge is 0.398 e. The van der Waals surface area contributed by atoms with Gasteiger partial charge in [-0.3, -0.25) is 4.79 Å². The average Bonchev–Trinajstić information content (AvgIpc) is 2.40. The van der Waals surface area contributed by atoms with Crippen molar-refractivity contribution in [2.45, 2.75) is 13.5 Å². The number of halogens is 1. The second-order valence-electron chi connectivity index (χ2n) is 4.35. The molecule has 0 heterocycles. The molecule has 0 aromatic heterocycles. The highest BCUT2D eigenvalue weighted by molar-refractivity contribution is 5.98. The van der Waals surface area contributed by atoms with Gasteiger partial charge in [-0.05, 0) is 36.2 Å². The Labute approximate surface area is 111 Å². The zero-order valence-corrected chi connectivity index (χ0v) is 10.6. The Morgan fingerprint density at radius 1 is 1.26 bits per heavy atom. The van der Waals surface area contributed by atoms with Crippen molar-refractivity contribution in [3.05, 3.63) is 65.0 Å². The molecule has 4 heteroatoms. The van der Waals surface area contributed by atoms with Crippen LogP contribution in [-0.4, -0.2) is 5.91 Å². The molecule has 0 bridgehead atoms. The maximum Gasteiger partial charge on any atom is 0.253 e. The Balaban J connectivity index is 2.04. The van der Waals surface area contributed by atoms with E-state index >= 15 is 0 Å². The van der Waals surface area contributed by atoms with E-state index < -0.39 is 0 Å². The lowest BCUT2D eigenvalue weighted by Gasteiger charge is -2.08. The van der Waals surface area contributed by atoms with Crippen LogP contribution in [0.1, 0.15) is 21.5 Å². The number of anilines is 1. The van der Waals surface area contributed by atoms with Gasteiger partial charge in [0.15, 0.2) is 0 Å². The molecule has 0 saturated carbocycles. The number of carbonyl (C=O) groups is 1. The van der Waals surface area contributed by atoms with Gasteiger partial charge in [-0.2, -0.15) is 0 Å². The van der Waals surface area contributed by atoms with Crippen molar-refractivity contribution < 1.29 is 9.18 Å². The molecule has 0 spiro atoms. The number of carbonyl (C=O) groups excluding carboxylic acids is 1. The maximum absolute atomic E-state index is 13.4. The second-order valence-corrected chi connectivity index (χ2v) is 4.35. The first-order valence-corrected chi connectivity index (χ1v) is 5.95. The van der Waals surface area contributed by atoms with Crippen LogP contribution >= 0.6 is 0 Å². The molecule has 0 fully saturated rings. The van der Waals surface area contributed by atoms with Crippen LogP contribution in [-0.2, 0) is 6.54 Å². The summed E-state index contributed by atoms with van der Waals surface area (Å²) < 4.78 is 13.4. The number of hydrogen-bond donors (Lipinski definition) is 2. The van der Waals surface area contributed by atoms with Crippen LogP contribution in [0.2, 0.25) is 0 Å².